The molecule has 124 valence electrons. The average molecular weight is 330 g/mol. The summed E-state index contributed by atoms with van der Waals surface area (Å²) in [6.07, 6.45) is 0.834. The van der Waals surface area contributed by atoms with Crippen LogP contribution in [0.4, 0.5) is 20.2 Å². The molecule has 2 aromatic rings. The fourth-order valence-corrected chi connectivity index (χ4v) is 2.39. The van der Waals surface area contributed by atoms with Crippen LogP contribution in [0.1, 0.15) is 18.4 Å². The molecule has 1 saturated carbocycles. The summed E-state index contributed by atoms with van der Waals surface area (Å²) < 4.78 is 26.5. The molecule has 4 nitrogen and oxygen atoms in total. The summed E-state index contributed by atoms with van der Waals surface area (Å²) in [5.41, 5.74) is 0.0458. The van der Waals surface area contributed by atoms with Gasteiger partial charge in [0.05, 0.1) is 0 Å². The van der Waals surface area contributed by atoms with Crippen LogP contribution >= 0.6 is 0 Å². The van der Waals surface area contributed by atoms with Gasteiger partial charge in [-0.15, -0.1) is 0 Å². The number of hydrogen-bond acceptors (Lipinski definition) is 2. The van der Waals surface area contributed by atoms with Gasteiger partial charge in [-0.25, -0.2) is 8.78 Å². The van der Waals surface area contributed by atoms with Crippen LogP contribution < -0.4 is 10.6 Å². The smallest absolute Gasteiger partial charge is 0.240 e. The Hall–Kier alpha value is -2.76. The van der Waals surface area contributed by atoms with Crippen molar-refractivity contribution in [1.82, 2.24) is 0 Å². The van der Waals surface area contributed by atoms with Gasteiger partial charge in [-0.2, -0.15) is 0 Å². The first-order chi connectivity index (χ1) is 11.4. The maximum Gasteiger partial charge on any atom is 0.240 e. The lowest BCUT2D eigenvalue weighted by Crippen LogP contribution is -2.35. The number of anilines is 2. The second-order valence-electron chi connectivity index (χ2n) is 5.96. The predicted octanol–water partition coefficient (Wildman–Crippen LogP) is 3.63. The van der Waals surface area contributed by atoms with Gasteiger partial charge < -0.3 is 10.6 Å². The van der Waals surface area contributed by atoms with E-state index in [1.165, 1.54) is 30.3 Å². The first-order valence-corrected chi connectivity index (χ1v) is 7.55. The van der Waals surface area contributed by atoms with E-state index in [0.29, 0.717) is 29.8 Å². The summed E-state index contributed by atoms with van der Waals surface area (Å²) in [4.78, 5) is 24.8. The third-order valence-electron chi connectivity index (χ3n) is 4.15. The number of rotatable bonds is 4. The molecule has 0 spiro atoms. The Morgan fingerprint density at radius 2 is 1.46 bits per heavy atom. The number of hydrogen-bond donors (Lipinski definition) is 2. The number of nitrogens with one attached hydrogen (secondary N) is 2. The Labute approximate surface area is 137 Å². The van der Waals surface area contributed by atoms with Gasteiger partial charge in [-0.3, -0.25) is 9.59 Å². The third kappa shape index (κ3) is 3.13. The molecule has 2 N–H and O–H groups in total. The zero-order valence-corrected chi connectivity index (χ0v) is 13.0. The van der Waals surface area contributed by atoms with Crippen LogP contribution in [-0.2, 0) is 9.59 Å². The highest BCUT2D eigenvalue weighted by Gasteiger charge is 2.56. The minimum atomic E-state index is -1.16. The fraction of sp³-hybridized carbons (Fsp3) is 0.222. The molecule has 3 rings (SSSR count). The number of aryl methyl sites for hydroxylation is 1. The summed E-state index contributed by atoms with van der Waals surface area (Å²) in [5.74, 6) is -1.74. The Balaban J connectivity index is 1.70. The van der Waals surface area contributed by atoms with E-state index in [1.807, 2.05) is 0 Å². The lowest BCUT2D eigenvalue weighted by atomic mass is 10.0. The molecule has 6 heteroatoms. The molecule has 2 amide bonds. The van der Waals surface area contributed by atoms with Crippen LogP contribution in [0, 0.1) is 24.0 Å². The molecule has 2 aromatic carbocycles. The van der Waals surface area contributed by atoms with Crippen LogP contribution in [0.2, 0.25) is 0 Å². The first-order valence-electron chi connectivity index (χ1n) is 7.55. The number of amides is 2. The fourth-order valence-electron chi connectivity index (χ4n) is 2.39. The maximum absolute atomic E-state index is 13.6. The van der Waals surface area contributed by atoms with Crippen molar-refractivity contribution in [1.29, 1.82) is 0 Å². The van der Waals surface area contributed by atoms with Crippen molar-refractivity contribution in [3.8, 4) is 0 Å². The Morgan fingerprint density at radius 1 is 0.917 bits per heavy atom. The number of carbonyl (C=O) groups is 2. The van der Waals surface area contributed by atoms with Gasteiger partial charge in [0.2, 0.25) is 11.8 Å². The molecule has 0 saturated heterocycles. The monoisotopic (exact) mass is 330 g/mol. The molecule has 0 bridgehead atoms. The van der Waals surface area contributed by atoms with Crippen LogP contribution in [0.5, 0.6) is 0 Å². The summed E-state index contributed by atoms with van der Waals surface area (Å²) >= 11 is 0. The normalized spacial score (nSPS) is 14.8. The second-order valence-corrected chi connectivity index (χ2v) is 5.96. The molecule has 0 aliphatic heterocycles. The van der Waals surface area contributed by atoms with Crippen molar-refractivity contribution in [2.45, 2.75) is 19.8 Å². The summed E-state index contributed by atoms with van der Waals surface area (Å²) in [7, 11) is 0. The van der Waals surface area contributed by atoms with Gasteiger partial charge in [0.15, 0.2) is 0 Å². The van der Waals surface area contributed by atoms with E-state index in [4.69, 9.17) is 0 Å². The van der Waals surface area contributed by atoms with Crippen molar-refractivity contribution in [3.05, 3.63) is 59.7 Å². The van der Waals surface area contributed by atoms with E-state index in [2.05, 4.69) is 10.6 Å². The Morgan fingerprint density at radius 3 is 2.00 bits per heavy atom. The molecule has 0 atom stereocenters. The van der Waals surface area contributed by atoms with Crippen molar-refractivity contribution in [2.24, 2.45) is 5.41 Å². The van der Waals surface area contributed by atoms with Crippen LogP contribution in [0.3, 0.4) is 0 Å². The lowest BCUT2D eigenvalue weighted by molar-refractivity contribution is -0.131. The van der Waals surface area contributed by atoms with Gasteiger partial charge in [-0.1, -0.05) is 6.07 Å². The Kier molecular flexibility index (Phi) is 4.05. The van der Waals surface area contributed by atoms with Crippen molar-refractivity contribution in [3.63, 3.8) is 0 Å². The number of benzene rings is 2. The van der Waals surface area contributed by atoms with E-state index >= 15 is 0 Å². The molecule has 1 aliphatic rings. The van der Waals surface area contributed by atoms with Gasteiger partial charge in [0, 0.05) is 11.4 Å². The van der Waals surface area contributed by atoms with Gasteiger partial charge in [-0.05, 0) is 61.7 Å². The highest BCUT2D eigenvalue weighted by molar-refractivity contribution is 6.16. The van der Waals surface area contributed by atoms with Crippen molar-refractivity contribution < 1.29 is 18.4 Å². The van der Waals surface area contributed by atoms with E-state index in [0.717, 1.165) is 0 Å². The SMILES string of the molecule is Cc1ccc(NC(=O)C2(C(=O)Nc3ccc(F)cc3)CC2)cc1F. The van der Waals surface area contributed by atoms with Gasteiger partial charge in [0.25, 0.3) is 0 Å². The quantitative estimate of drug-likeness (QED) is 0.841. The molecule has 1 aliphatic carbocycles. The van der Waals surface area contributed by atoms with E-state index in [-0.39, 0.29) is 0 Å². The molecule has 24 heavy (non-hydrogen) atoms. The van der Waals surface area contributed by atoms with Gasteiger partial charge in [0.1, 0.15) is 17.0 Å². The lowest BCUT2D eigenvalue weighted by Gasteiger charge is -2.15. The predicted molar refractivity (Wildman–Crippen MR) is 86.5 cm³/mol. The van der Waals surface area contributed by atoms with E-state index < -0.39 is 28.9 Å². The Bertz CT molecular complexity index is 799. The van der Waals surface area contributed by atoms with Crippen LogP contribution in [-0.4, -0.2) is 11.8 Å². The summed E-state index contributed by atoms with van der Waals surface area (Å²) in [5, 5.41) is 5.21. The number of halogens is 2. The largest absolute Gasteiger partial charge is 0.325 e. The topological polar surface area (TPSA) is 58.2 Å². The molecule has 0 unspecified atom stereocenters. The van der Waals surface area contributed by atoms with Crippen LogP contribution in [0.15, 0.2) is 42.5 Å². The van der Waals surface area contributed by atoms with E-state index in [9.17, 15) is 18.4 Å². The molecular weight excluding hydrogens is 314 g/mol. The maximum atomic E-state index is 13.6. The molecule has 0 radical (unpaired) electrons. The summed E-state index contributed by atoms with van der Waals surface area (Å²) in [6, 6.07) is 9.68. The third-order valence-corrected chi connectivity index (χ3v) is 4.15. The highest BCUT2D eigenvalue weighted by Crippen LogP contribution is 2.47. The zero-order chi connectivity index (χ0) is 17.3. The van der Waals surface area contributed by atoms with Crippen LogP contribution in [0.25, 0.3) is 0 Å². The molecule has 0 aromatic heterocycles. The minimum Gasteiger partial charge on any atom is -0.325 e. The molecule has 0 heterocycles. The van der Waals surface area contributed by atoms with Crippen molar-refractivity contribution in [2.75, 3.05) is 10.6 Å². The first kappa shape index (κ1) is 16.1. The zero-order valence-electron chi connectivity index (χ0n) is 13.0. The molecule has 1 fully saturated rings. The minimum absolute atomic E-state index is 0.309. The number of carbonyl (C=O) groups excluding carboxylic acids is 2. The van der Waals surface area contributed by atoms with Crippen molar-refractivity contribution >= 4 is 23.2 Å². The average Bonchev–Trinajstić information content (AvgIpc) is 3.35. The second kappa shape index (κ2) is 6.03. The molecular formula is C18H16F2N2O2. The van der Waals surface area contributed by atoms with Gasteiger partial charge >= 0.3 is 0 Å². The van der Waals surface area contributed by atoms with E-state index in [1.54, 1.807) is 19.1 Å². The summed E-state index contributed by atoms with van der Waals surface area (Å²) in [6.45, 7) is 1.62. The highest BCUT2D eigenvalue weighted by atomic mass is 19.1. The standard InChI is InChI=1S/C18H16F2N2O2/c1-11-2-5-14(10-15(11)20)22-17(24)18(8-9-18)16(23)21-13-6-3-12(19)4-7-13/h2-7,10H,8-9H2,1H3,(H,21,23)(H,22,24).